The number of rotatable bonds is 8. The Bertz CT molecular complexity index is 1310. The maximum atomic E-state index is 14.7. The molecule has 1 saturated heterocycles. The zero-order valence-corrected chi connectivity index (χ0v) is 21.2. The van der Waals surface area contributed by atoms with Gasteiger partial charge in [-0.25, -0.2) is 26.0 Å². The third kappa shape index (κ3) is 5.66. The Balaban J connectivity index is 1.58. The van der Waals surface area contributed by atoms with Gasteiger partial charge < -0.3 is 10.2 Å². The topological polar surface area (TPSA) is 83.6 Å². The van der Waals surface area contributed by atoms with Crippen LogP contribution in [0.25, 0.3) is 0 Å². The molecule has 37 heavy (non-hydrogen) atoms. The smallest absolute Gasteiger partial charge is 0.266 e. The standard InChI is InChI=1S/C26H28F4N2O4S/c1-3-37(35,36)17-6-4-5-16(10-17)26(34)32-13-14(2)9-22(32)25(33)31-23(15-7-8-15)18-11-21(28)19(24(29)30)12-20(18)27/h4-6,10-12,14-15,22-24H,3,7-9,13H2,1-2H3,(H,31,33)/t14-,22-,23-/m1/s1. The molecule has 1 aliphatic heterocycles. The minimum Gasteiger partial charge on any atom is -0.347 e. The van der Waals surface area contributed by atoms with Crippen LogP contribution in [-0.2, 0) is 14.6 Å². The van der Waals surface area contributed by atoms with E-state index in [1.54, 1.807) is 0 Å². The molecule has 2 fully saturated rings. The van der Waals surface area contributed by atoms with Crippen molar-refractivity contribution in [3.8, 4) is 0 Å². The Labute approximate surface area is 213 Å². The molecule has 200 valence electrons. The molecule has 0 spiro atoms. The Morgan fingerprint density at radius 3 is 2.35 bits per heavy atom. The van der Waals surface area contributed by atoms with Crippen LogP contribution < -0.4 is 5.32 Å². The average molecular weight is 541 g/mol. The first kappa shape index (κ1) is 27.1. The van der Waals surface area contributed by atoms with Crippen LogP contribution >= 0.6 is 0 Å². The van der Waals surface area contributed by atoms with Gasteiger partial charge >= 0.3 is 0 Å². The van der Waals surface area contributed by atoms with Gasteiger partial charge in [0.1, 0.15) is 17.7 Å². The number of sulfone groups is 1. The lowest BCUT2D eigenvalue weighted by Gasteiger charge is -2.27. The molecule has 0 aromatic heterocycles. The molecule has 4 rings (SSSR count). The summed E-state index contributed by atoms with van der Waals surface area (Å²) >= 11 is 0. The summed E-state index contributed by atoms with van der Waals surface area (Å²) in [5, 5.41) is 2.73. The summed E-state index contributed by atoms with van der Waals surface area (Å²) in [4.78, 5) is 28.1. The predicted octanol–water partition coefficient (Wildman–Crippen LogP) is 4.81. The highest BCUT2D eigenvalue weighted by molar-refractivity contribution is 7.91. The number of amides is 2. The van der Waals surface area contributed by atoms with Gasteiger partial charge in [0.15, 0.2) is 9.84 Å². The highest BCUT2D eigenvalue weighted by Gasteiger charge is 2.42. The average Bonchev–Trinajstić information content (AvgIpc) is 3.63. The maximum Gasteiger partial charge on any atom is 0.266 e. The van der Waals surface area contributed by atoms with Gasteiger partial charge in [0.05, 0.1) is 22.3 Å². The zero-order chi connectivity index (χ0) is 27.1. The fourth-order valence-corrected chi connectivity index (χ4v) is 5.71. The summed E-state index contributed by atoms with van der Waals surface area (Å²) in [6.45, 7) is 3.61. The second-order valence-corrected chi connectivity index (χ2v) is 12.0. The predicted molar refractivity (Wildman–Crippen MR) is 128 cm³/mol. The van der Waals surface area contributed by atoms with Gasteiger partial charge in [-0.15, -0.1) is 0 Å². The molecule has 2 aromatic carbocycles. The minimum atomic E-state index is -3.55. The van der Waals surface area contributed by atoms with Gasteiger partial charge in [0.2, 0.25) is 5.91 Å². The van der Waals surface area contributed by atoms with E-state index in [0.717, 1.165) is 0 Å². The van der Waals surface area contributed by atoms with E-state index in [9.17, 15) is 35.6 Å². The van der Waals surface area contributed by atoms with Crippen molar-refractivity contribution < 1.29 is 35.6 Å². The fourth-order valence-electron chi connectivity index (χ4n) is 4.79. The van der Waals surface area contributed by atoms with Crippen LogP contribution in [0.2, 0.25) is 0 Å². The van der Waals surface area contributed by atoms with Crippen LogP contribution in [0, 0.1) is 23.5 Å². The molecule has 3 atom stereocenters. The molecule has 2 aromatic rings. The van der Waals surface area contributed by atoms with Crippen molar-refractivity contribution in [1.29, 1.82) is 0 Å². The molecule has 0 radical (unpaired) electrons. The molecule has 0 bridgehead atoms. The lowest BCUT2D eigenvalue weighted by atomic mass is 9.98. The van der Waals surface area contributed by atoms with Crippen LogP contribution in [0.1, 0.15) is 67.1 Å². The first-order valence-corrected chi connectivity index (χ1v) is 13.8. The van der Waals surface area contributed by atoms with Crippen LogP contribution in [0.5, 0.6) is 0 Å². The van der Waals surface area contributed by atoms with Gasteiger partial charge in [0.25, 0.3) is 12.3 Å². The number of nitrogens with one attached hydrogen (secondary N) is 1. The summed E-state index contributed by atoms with van der Waals surface area (Å²) < 4.78 is 79.5. The Kier molecular flexibility index (Phi) is 7.64. The lowest BCUT2D eigenvalue weighted by Crippen LogP contribution is -2.47. The van der Waals surface area contributed by atoms with Gasteiger partial charge in [-0.3, -0.25) is 9.59 Å². The quantitative estimate of drug-likeness (QED) is 0.487. The number of alkyl halides is 2. The number of benzene rings is 2. The molecule has 2 amide bonds. The summed E-state index contributed by atoms with van der Waals surface area (Å²) in [5.41, 5.74) is -1.13. The normalized spacial score (nSPS) is 20.8. The third-order valence-corrected chi connectivity index (χ3v) is 8.70. The van der Waals surface area contributed by atoms with Crippen LogP contribution in [0.4, 0.5) is 17.6 Å². The number of nitrogens with zero attached hydrogens (tertiary/aromatic N) is 1. The summed E-state index contributed by atoms with van der Waals surface area (Å²) in [6.07, 6.45) is -1.57. The molecule has 1 N–H and O–H groups in total. The van der Waals surface area contributed by atoms with E-state index in [1.165, 1.54) is 36.1 Å². The van der Waals surface area contributed by atoms with Crippen molar-refractivity contribution in [2.24, 2.45) is 11.8 Å². The SMILES string of the molecule is CCS(=O)(=O)c1cccc(C(=O)N2C[C@H](C)C[C@@H]2C(=O)N[C@@H](c2cc(F)c(C(F)F)cc2F)C2CC2)c1. The number of halogens is 4. The number of hydrogen-bond acceptors (Lipinski definition) is 4. The highest BCUT2D eigenvalue weighted by atomic mass is 32.2. The molecule has 6 nitrogen and oxygen atoms in total. The van der Waals surface area contributed by atoms with E-state index >= 15 is 0 Å². The second-order valence-electron chi connectivity index (χ2n) is 9.77. The van der Waals surface area contributed by atoms with Gasteiger partial charge in [-0.05, 0) is 61.4 Å². The number of carbonyl (C=O) groups is 2. The van der Waals surface area contributed by atoms with E-state index < -0.39 is 57.4 Å². The van der Waals surface area contributed by atoms with Crippen molar-refractivity contribution in [2.45, 2.75) is 56.5 Å². The molecule has 1 heterocycles. The maximum absolute atomic E-state index is 14.7. The summed E-state index contributed by atoms with van der Waals surface area (Å²) in [7, 11) is -3.55. The van der Waals surface area contributed by atoms with E-state index in [1.807, 2.05) is 6.92 Å². The molecule has 11 heteroatoms. The fraction of sp³-hybridized carbons (Fsp3) is 0.462. The first-order valence-electron chi connectivity index (χ1n) is 12.1. The van der Waals surface area contributed by atoms with Crippen LogP contribution in [0.15, 0.2) is 41.3 Å². The third-order valence-electron chi connectivity index (χ3n) is 6.97. The molecule has 1 aliphatic carbocycles. The van der Waals surface area contributed by atoms with Crippen molar-refractivity contribution >= 4 is 21.7 Å². The molecular weight excluding hydrogens is 512 g/mol. The number of likely N-dealkylation sites (tertiary alicyclic amines) is 1. The lowest BCUT2D eigenvalue weighted by molar-refractivity contribution is -0.125. The molecule has 1 saturated carbocycles. The number of hydrogen-bond donors (Lipinski definition) is 1. The first-order chi connectivity index (χ1) is 17.4. The Morgan fingerprint density at radius 1 is 1.08 bits per heavy atom. The van der Waals surface area contributed by atoms with Crippen LogP contribution in [0.3, 0.4) is 0 Å². The molecule has 0 unspecified atom stereocenters. The number of carbonyl (C=O) groups excluding carboxylic acids is 2. The van der Waals surface area contributed by atoms with Gasteiger partial charge in [-0.2, -0.15) is 0 Å². The van der Waals surface area contributed by atoms with E-state index in [0.29, 0.717) is 31.4 Å². The monoisotopic (exact) mass is 540 g/mol. The van der Waals surface area contributed by atoms with Gasteiger partial charge in [0, 0.05) is 17.7 Å². The van der Waals surface area contributed by atoms with E-state index in [4.69, 9.17) is 0 Å². The van der Waals surface area contributed by atoms with Crippen molar-refractivity contribution in [3.05, 3.63) is 64.7 Å². The summed E-state index contributed by atoms with van der Waals surface area (Å²) in [5.74, 6) is -3.72. The highest BCUT2D eigenvalue weighted by Crippen LogP contribution is 2.43. The van der Waals surface area contributed by atoms with Crippen molar-refractivity contribution in [3.63, 3.8) is 0 Å². The molecular formula is C26H28F4N2O4S. The largest absolute Gasteiger partial charge is 0.347 e. The second kappa shape index (κ2) is 10.4. The van der Waals surface area contributed by atoms with Crippen molar-refractivity contribution in [1.82, 2.24) is 10.2 Å². The zero-order valence-electron chi connectivity index (χ0n) is 20.4. The van der Waals surface area contributed by atoms with Crippen molar-refractivity contribution in [2.75, 3.05) is 12.3 Å². The van der Waals surface area contributed by atoms with E-state index in [2.05, 4.69) is 5.32 Å². The Hall–Kier alpha value is -2.95. The summed E-state index contributed by atoms with van der Waals surface area (Å²) in [6, 6.07) is 4.96. The minimum absolute atomic E-state index is 0.00707. The van der Waals surface area contributed by atoms with E-state index in [-0.39, 0.29) is 40.2 Å². The molecule has 2 aliphatic rings. The Morgan fingerprint density at radius 2 is 1.73 bits per heavy atom. The van der Waals surface area contributed by atoms with Gasteiger partial charge in [-0.1, -0.05) is 19.9 Å². The van der Waals surface area contributed by atoms with Crippen LogP contribution in [-0.4, -0.2) is 43.5 Å².